The first-order valence-corrected chi connectivity index (χ1v) is 7.43. The van der Waals surface area contributed by atoms with Gasteiger partial charge in [-0.15, -0.1) is 11.3 Å². The first-order valence-electron chi connectivity index (χ1n) is 5.26. The molecule has 0 fully saturated rings. The van der Waals surface area contributed by atoms with Gasteiger partial charge in [0.15, 0.2) is 0 Å². The molecule has 0 amide bonds. The van der Waals surface area contributed by atoms with Crippen LogP contribution in [0.25, 0.3) is 0 Å². The maximum Gasteiger partial charge on any atom is 0.123 e. The summed E-state index contributed by atoms with van der Waals surface area (Å²) in [5.41, 5.74) is 1.00. The summed E-state index contributed by atoms with van der Waals surface area (Å²) < 4.78 is 10.6. The Morgan fingerprint density at radius 1 is 1.22 bits per heavy atom. The van der Waals surface area contributed by atoms with E-state index in [4.69, 9.17) is 21.1 Å². The lowest BCUT2D eigenvalue weighted by molar-refractivity contribution is 0.399. The van der Waals surface area contributed by atoms with Gasteiger partial charge in [-0.2, -0.15) is 0 Å². The Bertz CT molecular complexity index is 542. The third-order valence-electron chi connectivity index (χ3n) is 2.58. The van der Waals surface area contributed by atoms with Gasteiger partial charge in [-0.05, 0) is 29.6 Å². The normalized spacial score (nSPS) is 12.2. The molecule has 0 radical (unpaired) electrons. The zero-order valence-electron chi connectivity index (χ0n) is 9.94. The van der Waals surface area contributed by atoms with Crippen molar-refractivity contribution >= 4 is 38.9 Å². The standard InChI is InChI=1S/C13H12BrClO2S/c1-16-8-3-4-11(17-2)9(7-8)12(14)13-10(15)5-6-18-13/h3-7,12H,1-2H3. The van der Waals surface area contributed by atoms with E-state index in [1.807, 2.05) is 29.6 Å². The van der Waals surface area contributed by atoms with Crippen LogP contribution in [-0.2, 0) is 0 Å². The van der Waals surface area contributed by atoms with Crippen molar-refractivity contribution in [2.75, 3.05) is 14.2 Å². The van der Waals surface area contributed by atoms with E-state index in [9.17, 15) is 0 Å². The fourth-order valence-electron chi connectivity index (χ4n) is 1.66. The van der Waals surface area contributed by atoms with Crippen LogP contribution in [0.15, 0.2) is 29.6 Å². The third-order valence-corrected chi connectivity index (χ3v) is 5.26. The van der Waals surface area contributed by atoms with Crippen LogP contribution in [0, 0.1) is 0 Å². The molecule has 0 saturated heterocycles. The van der Waals surface area contributed by atoms with Crippen LogP contribution >= 0.6 is 38.9 Å². The van der Waals surface area contributed by atoms with Crippen molar-refractivity contribution in [1.82, 2.24) is 0 Å². The lowest BCUT2D eigenvalue weighted by atomic mass is 10.1. The Hall–Kier alpha value is -0.710. The van der Waals surface area contributed by atoms with Crippen LogP contribution in [0.5, 0.6) is 11.5 Å². The Labute approximate surface area is 124 Å². The summed E-state index contributed by atoms with van der Waals surface area (Å²) in [4.78, 5) is 1.05. The topological polar surface area (TPSA) is 18.5 Å². The Kier molecular flexibility index (Phi) is 4.54. The lowest BCUT2D eigenvalue weighted by Crippen LogP contribution is -1.97. The highest BCUT2D eigenvalue weighted by Crippen LogP contribution is 2.43. The second kappa shape index (κ2) is 5.95. The number of hydrogen-bond acceptors (Lipinski definition) is 3. The van der Waals surface area contributed by atoms with E-state index in [-0.39, 0.29) is 4.83 Å². The first-order chi connectivity index (χ1) is 8.67. The molecule has 0 spiro atoms. The summed E-state index contributed by atoms with van der Waals surface area (Å²) in [5.74, 6) is 1.60. The van der Waals surface area contributed by atoms with Crippen LogP contribution in [0.4, 0.5) is 0 Å². The summed E-state index contributed by atoms with van der Waals surface area (Å²) in [5, 5.41) is 2.73. The number of ether oxygens (including phenoxy) is 2. The van der Waals surface area contributed by atoms with Gasteiger partial charge in [-0.1, -0.05) is 27.5 Å². The molecule has 2 nitrogen and oxygen atoms in total. The number of halogens is 2. The van der Waals surface area contributed by atoms with Crippen molar-refractivity contribution in [3.8, 4) is 11.5 Å². The van der Waals surface area contributed by atoms with Gasteiger partial charge >= 0.3 is 0 Å². The first kappa shape index (κ1) is 13.7. The molecule has 0 aliphatic rings. The second-order valence-corrected chi connectivity index (χ2v) is 5.87. The maximum atomic E-state index is 6.16. The zero-order valence-corrected chi connectivity index (χ0v) is 13.1. The molecule has 1 aromatic carbocycles. The molecule has 2 rings (SSSR count). The Morgan fingerprint density at radius 2 is 2.00 bits per heavy atom. The van der Waals surface area contributed by atoms with Gasteiger partial charge in [-0.25, -0.2) is 0 Å². The highest BCUT2D eigenvalue weighted by Gasteiger charge is 2.19. The summed E-state index contributed by atoms with van der Waals surface area (Å²) >= 11 is 11.4. The van der Waals surface area contributed by atoms with Gasteiger partial charge in [0, 0.05) is 10.4 Å². The summed E-state index contributed by atoms with van der Waals surface area (Å²) in [6.07, 6.45) is 0. The van der Waals surface area contributed by atoms with E-state index in [1.54, 1.807) is 25.6 Å². The summed E-state index contributed by atoms with van der Waals surface area (Å²) in [6, 6.07) is 7.61. The molecule has 0 N–H and O–H groups in total. The van der Waals surface area contributed by atoms with Crippen LogP contribution in [-0.4, -0.2) is 14.2 Å². The van der Waals surface area contributed by atoms with Crippen molar-refractivity contribution in [1.29, 1.82) is 0 Å². The largest absolute Gasteiger partial charge is 0.497 e. The van der Waals surface area contributed by atoms with E-state index in [1.165, 1.54) is 0 Å². The molecule has 0 bridgehead atoms. The molecule has 0 saturated carbocycles. The van der Waals surface area contributed by atoms with Crippen molar-refractivity contribution in [2.24, 2.45) is 0 Å². The molecule has 96 valence electrons. The van der Waals surface area contributed by atoms with Gasteiger partial charge in [0.1, 0.15) is 11.5 Å². The molecule has 1 unspecified atom stereocenters. The number of alkyl halides is 1. The van der Waals surface area contributed by atoms with E-state index < -0.39 is 0 Å². The SMILES string of the molecule is COc1ccc(OC)c(C(Br)c2sccc2Cl)c1. The molecule has 1 aromatic heterocycles. The van der Waals surface area contributed by atoms with Crippen molar-refractivity contribution in [3.63, 3.8) is 0 Å². The third kappa shape index (κ3) is 2.66. The van der Waals surface area contributed by atoms with Crippen LogP contribution in [0.1, 0.15) is 15.3 Å². The van der Waals surface area contributed by atoms with Crippen molar-refractivity contribution in [2.45, 2.75) is 4.83 Å². The molecular formula is C13H12BrClO2S. The molecule has 5 heteroatoms. The molecule has 1 heterocycles. The number of rotatable bonds is 4. The Balaban J connectivity index is 2.45. The average Bonchev–Trinajstić information content (AvgIpc) is 2.83. The average molecular weight is 348 g/mol. The van der Waals surface area contributed by atoms with E-state index in [0.717, 1.165) is 27.0 Å². The minimum Gasteiger partial charge on any atom is -0.497 e. The predicted molar refractivity (Wildman–Crippen MR) is 79.6 cm³/mol. The minimum absolute atomic E-state index is 0.00458. The number of hydrogen-bond donors (Lipinski definition) is 0. The van der Waals surface area contributed by atoms with E-state index >= 15 is 0 Å². The van der Waals surface area contributed by atoms with Gasteiger partial charge in [0.2, 0.25) is 0 Å². The molecular weight excluding hydrogens is 336 g/mol. The molecule has 0 aliphatic carbocycles. The fourth-order valence-corrected chi connectivity index (χ4v) is 3.88. The van der Waals surface area contributed by atoms with Crippen LogP contribution in [0.2, 0.25) is 5.02 Å². The molecule has 2 aromatic rings. The molecule has 18 heavy (non-hydrogen) atoms. The number of benzene rings is 1. The van der Waals surface area contributed by atoms with Gasteiger partial charge < -0.3 is 9.47 Å². The van der Waals surface area contributed by atoms with Gasteiger partial charge in [0.25, 0.3) is 0 Å². The predicted octanol–water partition coefficient (Wildman–Crippen LogP) is 4.90. The summed E-state index contributed by atoms with van der Waals surface area (Å²) in [6.45, 7) is 0. The minimum atomic E-state index is -0.00458. The lowest BCUT2D eigenvalue weighted by Gasteiger charge is -2.15. The fraction of sp³-hybridized carbons (Fsp3) is 0.231. The Morgan fingerprint density at radius 3 is 2.56 bits per heavy atom. The zero-order chi connectivity index (χ0) is 13.1. The van der Waals surface area contributed by atoms with Crippen molar-refractivity contribution in [3.05, 3.63) is 45.1 Å². The van der Waals surface area contributed by atoms with Gasteiger partial charge in [0.05, 0.1) is 24.1 Å². The van der Waals surface area contributed by atoms with E-state index in [0.29, 0.717) is 0 Å². The van der Waals surface area contributed by atoms with Crippen LogP contribution in [0.3, 0.4) is 0 Å². The molecule has 0 aliphatic heterocycles. The number of methoxy groups -OCH3 is 2. The summed E-state index contributed by atoms with van der Waals surface area (Å²) in [7, 11) is 3.30. The quantitative estimate of drug-likeness (QED) is 0.732. The van der Waals surface area contributed by atoms with E-state index in [2.05, 4.69) is 15.9 Å². The maximum absolute atomic E-state index is 6.16. The monoisotopic (exact) mass is 346 g/mol. The van der Waals surface area contributed by atoms with Crippen LogP contribution < -0.4 is 9.47 Å². The number of thiophene rings is 1. The van der Waals surface area contributed by atoms with Crippen molar-refractivity contribution < 1.29 is 9.47 Å². The highest BCUT2D eigenvalue weighted by atomic mass is 79.9. The second-order valence-electron chi connectivity index (χ2n) is 3.60. The van der Waals surface area contributed by atoms with Gasteiger partial charge in [-0.3, -0.25) is 0 Å². The smallest absolute Gasteiger partial charge is 0.123 e. The molecule has 1 atom stereocenters. The highest BCUT2D eigenvalue weighted by molar-refractivity contribution is 9.09.